The lowest BCUT2D eigenvalue weighted by Crippen LogP contribution is -1.96. The summed E-state index contributed by atoms with van der Waals surface area (Å²) in [5, 5.41) is 9.58. The van der Waals surface area contributed by atoms with Crippen molar-refractivity contribution in [2.24, 2.45) is 0 Å². The van der Waals surface area contributed by atoms with Crippen molar-refractivity contribution in [3.05, 3.63) is 52.0 Å². The number of aryl methyl sites for hydroxylation is 2. The summed E-state index contributed by atoms with van der Waals surface area (Å²) in [4.78, 5) is 4.67. The van der Waals surface area contributed by atoms with Gasteiger partial charge in [0.2, 0.25) is 0 Å². The van der Waals surface area contributed by atoms with Crippen LogP contribution in [0.3, 0.4) is 0 Å². The second-order valence-corrected chi connectivity index (χ2v) is 6.71. The van der Waals surface area contributed by atoms with Crippen molar-refractivity contribution in [3.63, 3.8) is 0 Å². The fraction of sp³-hybridized carbons (Fsp3) is 0.200. The summed E-state index contributed by atoms with van der Waals surface area (Å²) in [7, 11) is 1.58. The second-order valence-electron chi connectivity index (χ2n) is 5.65. The molecule has 0 unspecified atom stereocenters. The van der Waals surface area contributed by atoms with Gasteiger partial charge in [-0.2, -0.15) is 5.26 Å². The van der Waals surface area contributed by atoms with Gasteiger partial charge in [-0.05, 0) is 60.9 Å². The van der Waals surface area contributed by atoms with Crippen LogP contribution in [0.2, 0.25) is 0 Å². The Bertz CT molecular complexity index is 944. The molecule has 0 spiro atoms. The number of fused-ring (bicyclic) bond motifs is 1. The molecular weight excluding hydrogens is 332 g/mol. The summed E-state index contributed by atoms with van der Waals surface area (Å²) in [5.74, 6) is 1.17. The van der Waals surface area contributed by atoms with Gasteiger partial charge in [-0.15, -0.1) is 11.3 Å². The zero-order chi connectivity index (χ0) is 17.8. The minimum atomic E-state index is -0.00388. The molecule has 0 N–H and O–H groups in total. The maximum Gasteiger partial charge on any atom is 0.174 e. The number of nitriles is 1. The summed E-state index contributed by atoms with van der Waals surface area (Å²) in [6.07, 6.45) is 3.99. The van der Waals surface area contributed by atoms with Gasteiger partial charge in [-0.1, -0.05) is 12.1 Å². The van der Waals surface area contributed by atoms with Gasteiger partial charge in [-0.3, -0.25) is 0 Å². The van der Waals surface area contributed by atoms with Crippen LogP contribution in [-0.4, -0.2) is 18.7 Å². The van der Waals surface area contributed by atoms with Crippen molar-refractivity contribution < 1.29 is 9.47 Å². The molecule has 4 nitrogen and oxygen atoms in total. The molecule has 3 rings (SSSR count). The molecule has 0 fully saturated rings. The third-order valence-corrected chi connectivity index (χ3v) is 4.90. The van der Waals surface area contributed by atoms with E-state index in [0.717, 1.165) is 16.1 Å². The Kier molecular flexibility index (Phi) is 5.01. The molecular formula is C20H18N2O2S. The molecule has 1 heterocycles. The lowest BCUT2D eigenvalue weighted by molar-refractivity contribution is 0.329. The predicted molar refractivity (Wildman–Crippen MR) is 102 cm³/mol. The molecule has 126 valence electrons. The highest BCUT2D eigenvalue weighted by Crippen LogP contribution is 2.30. The van der Waals surface area contributed by atoms with E-state index in [1.54, 1.807) is 24.5 Å². The molecule has 0 bridgehead atoms. The Morgan fingerprint density at radius 3 is 2.68 bits per heavy atom. The topological polar surface area (TPSA) is 55.1 Å². The van der Waals surface area contributed by atoms with Crippen LogP contribution < -0.4 is 9.47 Å². The normalized spacial score (nSPS) is 11.0. The number of ether oxygens (including phenoxy) is 2. The summed E-state index contributed by atoms with van der Waals surface area (Å²) in [5.41, 5.74) is 4.55. The number of hydrogen-bond donors (Lipinski definition) is 0. The first kappa shape index (κ1) is 17.0. The van der Waals surface area contributed by atoms with Crippen LogP contribution in [0.25, 0.3) is 22.4 Å². The number of methoxy groups -OCH3 is 1. The highest BCUT2D eigenvalue weighted by molar-refractivity contribution is 7.19. The molecule has 1 aromatic heterocycles. The zero-order valence-electron chi connectivity index (χ0n) is 14.4. The minimum Gasteiger partial charge on any atom is -0.493 e. The van der Waals surface area contributed by atoms with E-state index >= 15 is 0 Å². The molecule has 0 radical (unpaired) electrons. The van der Waals surface area contributed by atoms with E-state index < -0.39 is 0 Å². The van der Waals surface area contributed by atoms with Crippen LogP contribution >= 0.6 is 11.3 Å². The third kappa shape index (κ3) is 3.81. The first-order valence-corrected chi connectivity index (χ1v) is 8.66. The monoisotopic (exact) mass is 350 g/mol. The average Bonchev–Trinajstić information content (AvgIpc) is 3.00. The van der Waals surface area contributed by atoms with Gasteiger partial charge >= 0.3 is 0 Å². The molecule has 0 aliphatic rings. The van der Waals surface area contributed by atoms with Crippen molar-refractivity contribution in [2.45, 2.75) is 13.8 Å². The number of thiazole rings is 1. The highest BCUT2D eigenvalue weighted by Gasteiger charge is 2.06. The number of nitrogens with zero attached hydrogens (tertiary/aromatic N) is 2. The van der Waals surface area contributed by atoms with Crippen LogP contribution in [0.4, 0.5) is 0 Å². The summed E-state index contributed by atoms with van der Waals surface area (Å²) in [6, 6.07) is 11.9. The first-order chi connectivity index (χ1) is 12.1. The second kappa shape index (κ2) is 7.37. The molecule has 0 aliphatic carbocycles. The Morgan fingerprint density at radius 2 is 1.92 bits per heavy atom. The molecule has 0 saturated heterocycles. The Hall–Kier alpha value is -2.84. The van der Waals surface area contributed by atoms with Crippen LogP contribution in [0, 0.1) is 25.2 Å². The van der Waals surface area contributed by atoms with Crippen molar-refractivity contribution in [3.8, 4) is 17.6 Å². The van der Waals surface area contributed by atoms with Crippen molar-refractivity contribution in [1.29, 1.82) is 5.26 Å². The molecule has 5 heteroatoms. The van der Waals surface area contributed by atoms with Gasteiger partial charge in [0.1, 0.15) is 11.1 Å². The lowest BCUT2D eigenvalue weighted by Gasteiger charge is -2.08. The van der Waals surface area contributed by atoms with E-state index in [1.165, 1.54) is 15.8 Å². The Labute approximate surface area is 151 Å². The number of rotatable bonds is 5. The fourth-order valence-electron chi connectivity index (χ4n) is 2.45. The van der Waals surface area contributed by atoms with Crippen LogP contribution in [0.5, 0.6) is 11.5 Å². The molecule has 25 heavy (non-hydrogen) atoms. The quantitative estimate of drug-likeness (QED) is 0.650. The van der Waals surface area contributed by atoms with Gasteiger partial charge < -0.3 is 9.47 Å². The van der Waals surface area contributed by atoms with Crippen molar-refractivity contribution in [1.82, 2.24) is 4.98 Å². The maximum absolute atomic E-state index is 8.62. The van der Waals surface area contributed by atoms with Gasteiger partial charge in [0, 0.05) is 0 Å². The number of aromatic nitrogens is 1. The fourth-order valence-corrected chi connectivity index (χ4v) is 3.40. The predicted octanol–water partition coefficient (Wildman–Crippen LogP) is 4.99. The summed E-state index contributed by atoms with van der Waals surface area (Å²) >= 11 is 1.67. The van der Waals surface area contributed by atoms with Crippen LogP contribution in [0.15, 0.2) is 30.3 Å². The number of hydrogen-bond acceptors (Lipinski definition) is 5. The summed E-state index contributed by atoms with van der Waals surface area (Å²) < 4.78 is 11.9. The van der Waals surface area contributed by atoms with Crippen LogP contribution in [-0.2, 0) is 0 Å². The third-order valence-electron chi connectivity index (χ3n) is 3.92. The molecule has 0 amide bonds. The lowest BCUT2D eigenvalue weighted by atomic mass is 10.1. The van der Waals surface area contributed by atoms with Crippen LogP contribution in [0.1, 0.15) is 21.7 Å². The smallest absolute Gasteiger partial charge is 0.174 e. The first-order valence-electron chi connectivity index (χ1n) is 7.84. The molecule has 0 saturated carbocycles. The van der Waals surface area contributed by atoms with E-state index in [2.05, 4.69) is 31.0 Å². The molecule has 2 aromatic carbocycles. The van der Waals surface area contributed by atoms with Gasteiger partial charge in [-0.25, -0.2) is 4.98 Å². The van der Waals surface area contributed by atoms with Gasteiger partial charge in [0.05, 0.1) is 17.3 Å². The Balaban J connectivity index is 1.85. The highest BCUT2D eigenvalue weighted by atomic mass is 32.1. The molecule has 3 aromatic rings. The largest absolute Gasteiger partial charge is 0.493 e. The molecule has 0 atom stereocenters. The van der Waals surface area contributed by atoms with Gasteiger partial charge in [0.25, 0.3) is 0 Å². The Morgan fingerprint density at radius 1 is 1.12 bits per heavy atom. The summed E-state index contributed by atoms with van der Waals surface area (Å²) in [6.45, 7) is 4.22. The van der Waals surface area contributed by atoms with Crippen molar-refractivity contribution in [2.75, 3.05) is 13.7 Å². The zero-order valence-corrected chi connectivity index (χ0v) is 15.2. The van der Waals surface area contributed by atoms with E-state index in [-0.39, 0.29) is 6.61 Å². The maximum atomic E-state index is 8.62. The minimum absolute atomic E-state index is 0.00388. The SMILES string of the molecule is COc1cc(C=Cc2nc3cc(C)c(C)cc3s2)ccc1OCC#N. The van der Waals surface area contributed by atoms with E-state index in [9.17, 15) is 0 Å². The standard InChI is InChI=1S/C20H18N2O2S/c1-13-10-16-19(11-14(13)2)25-20(22-16)7-5-15-4-6-17(24-9-8-21)18(12-15)23-3/h4-7,10-12H,9H2,1-3H3. The van der Waals surface area contributed by atoms with E-state index in [4.69, 9.17) is 14.7 Å². The van der Waals surface area contributed by atoms with E-state index in [0.29, 0.717) is 11.5 Å². The average molecular weight is 350 g/mol. The van der Waals surface area contributed by atoms with Gasteiger partial charge in [0.15, 0.2) is 18.1 Å². The van der Waals surface area contributed by atoms with Crippen molar-refractivity contribution >= 4 is 33.7 Å². The van der Waals surface area contributed by atoms with E-state index in [1.807, 2.05) is 30.4 Å². The number of benzene rings is 2. The molecule has 0 aliphatic heterocycles.